The first-order valence-electron chi connectivity index (χ1n) is 5.54. The lowest BCUT2D eigenvalue weighted by Gasteiger charge is -2.32. The highest BCUT2D eigenvalue weighted by Gasteiger charge is 2.24. The van der Waals surface area contributed by atoms with E-state index >= 15 is 0 Å². The predicted molar refractivity (Wildman–Crippen MR) is 62.2 cm³/mol. The first-order valence-corrected chi connectivity index (χ1v) is 7.60. The van der Waals surface area contributed by atoms with Gasteiger partial charge in [0, 0.05) is 25.1 Å². The van der Waals surface area contributed by atoms with Gasteiger partial charge in [-0.1, -0.05) is 0 Å². The second-order valence-corrected chi connectivity index (χ2v) is 6.77. The Morgan fingerprint density at radius 1 is 1.56 bits per heavy atom. The fourth-order valence-corrected chi connectivity index (χ4v) is 2.48. The smallest absolute Gasteiger partial charge is 0.147 e. The third-order valence-electron chi connectivity index (χ3n) is 2.74. The van der Waals surface area contributed by atoms with Gasteiger partial charge in [-0.2, -0.15) is 0 Å². The Balaban J connectivity index is 2.26. The Morgan fingerprint density at radius 2 is 2.25 bits per heavy atom. The Hall–Kier alpha value is -0.170. The molecular formula is C10H21NO4S. The Morgan fingerprint density at radius 3 is 2.81 bits per heavy atom. The predicted octanol–water partition coefficient (Wildman–Crippen LogP) is -0.497. The number of hydrogen-bond acceptors (Lipinski definition) is 5. The number of ether oxygens (including phenoxy) is 1. The zero-order chi connectivity index (χ0) is 12.2. The van der Waals surface area contributed by atoms with E-state index in [1.807, 2.05) is 7.05 Å². The van der Waals surface area contributed by atoms with Gasteiger partial charge in [-0.15, -0.1) is 0 Å². The molecule has 2 unspecified atom stereocenters. The van der Waals surface area contributed by atoms with Crippen LogP contribution >= 0.6 is 0 Å². The first kappa shape index (κ1) is 13.9. The van der Waals surface area contributed by atoms with Crippen LogP contribution in [0.3, 0.4) is 0 Å². The van der Waals surface area contributed by atoms with Gasteiger partial charge in [0.15, 0.2) is 0 Å². The van der Waals surface area contributed by atoms with Crippen molar-refractivity contribution in [2.75, 3.05) is 38.8 Å². The molecule has 1 aliphatic rings. The third-order valence-corrected chi connectivity index (χ3v) is 3.77. The number of morpholine rings is 1. The molecule has 5 nitrogen and oxygen atoms in total. The highest BCUT2D eigenvalue weighted by atomic mass is 32.2. The second-order valence-electron chi connectivity index (χ2n) is 4.51. The monoisotopic (exact) mass is 251 g/mol. The molecule has 0 spiro atoms. The topological polar surface area (TPSA) is 66.8 Å². The number of sulfone groups is 1. The van der Waals surface area contributed by atoms with Crippen molar-refractivity contribution in [2.24, 2.45) is 0 Å². The molecule has 0 aromatic carbocycles. The summed E-state index contributed by atoms with van der Waals surface area (Å²) in [6.07, 6.45) is 1.43. The molecule has 1 aliphatic heterocycles. The molecule has 1 N–H and O–H groups in total. The molecule has 2 atom stereocenters. The molecule has 0 aromatic rings. The van der Waals surface area contributed by atoms with Gasteiger partial charge in [0.2, 0.25) is 0 Å². The minimum absolute atomic E-state index is 0.132. The van der Waals surface area contributed by atoms with Crippen LogP contribution in [0.5, 0.6) is 0 Å². The van der Waals surface area contributed by atoms with E-state index in [-0.39, 0.29) is 11.9 Å². The first-order chi connectivity index (χ1) is 7.38. The van der Waals surface area contributed by atoms with E-state index in [0.717, 1.165) is 6.54 Å². The van der Waals surface area contributed by atoms with Crippen molar-refractivity contribution in [1.29, 1.82) is 0 Å². The Bertz CT molecular complexity index is 304. The summed E-state index contributed by atoms with van der Waals surface area (Å²) < 4.78 is 27.3. The van der Waals surface area contributed by atoms with Crippen LogP contribution < -0.4 is 0 Å². The van der Waals surface area contributed by atoms with Crippen LogP contribution in [-0.2, 0) is 14.6 Å². The van der Waals surface area contributed by atoms with Gasteiger partial charge in [0.25, 0.3) is 0 Å². The van der Waals surface area contributed by atoms with Crippen molar-refractivity contribution in [3.05, 3.63) is 0 Å². The maximum absolute atomic E-state index is 10.9. The van der Waals surface area contributed by atoms with Crippen LogP contribution in [0.25, 0.3) is 0 Å². The maximum atomic E-state index is 10.9. The fourth-order valence-electron chi connectivity index (χ4n) is 1.78. The molecule has 6 heteroatoms. The van der Waals surface area contributed by atoms with Crippen molar-refractivity contribution in [3.8, 4) is 0 Å². The van der Waals surface area contributed by atoms with E-state index in [2.05, 4.69) is 4.90 Å². The normalized spacial score (nSPS) is 25.6. The van der Waals surface area contributed by atoms with Crippen LogP contribution in [0, 0.1) is 0 Å². The number of likely N-dealkylation sites (N-methyl/N-ethyl adjacent to an activating group) is 1. The lowest BCUT2D eigenvalue weighted by atomic mass is 10.1. The third kappa shape index (κ3) is 5.25. The maximum Gasteiger partial charge on any atom is 0.147 e. The van der Waals surface area contributed by atoms with Crippen LogP contribution in [0.4, 0.5) is 0 Å². The molecule has 0 bridgehead atoms. The molecule has 1 rings (SSSR count). The number of nitrogens with zero attached hydrogens (tertiary/aromatic N) is 1. The second kappa shape index (κ2) is 5.95. The molecule has 96 valence electrons. The lowest BCUT2D eigenvalue weighted by molar-refractivity contribution is -0.0849. The SMILES string of the molecule is CN1CCOC(C(O)CCCS(C)(=O)=O)C1. The molecular weight excluding hydrogens is 230 g/mol. The Kier molecular flexibility index (Phi) is 5.17. The summed E-state index contributed by atoms with van der Waals surface area (Å²) in [6.45, 7) is 2.22. The highest BCUT2D eigenvalue weighted by Crippen LogP contribution is 2.12. The van der Waals surface area contributed by atoms with Gasteiger partial charge in [0.05, 0.1) is 18.8 Å². The fraction of sp³-hybridized carbons (Fsp3) is 1.00. The molecule has 0 aliphatic carbocycles. The van der Waals surface area contributed by atoms with E-state index in [0.29, 0.717) is 26.0 Å². The molecule has 1 fully saturated rings. The molecule has 0 saturated carbocycles. The van der Waals surface area contributed by atoms with Gasteiger partial charge in [0.1, 0.15) is 9.84 Å². The molecule has 0 aromatic heterocycles. The summed E-state index contributed by atoms with van der Waals surface area (Å²) in [5.74, 6) is 0.132. The van der Waals surface area contributed by atoms with Gasteiger partial charge in [-0.25, -0.2) is 8.42 Å². The van der Waals surface area contributed by atoms with E-state index in [9.17, 15) is 13.5 Å². The summed E-state index contributed by atoms with van der Waals surface area (Å²) >= 11 is 0. The number of aliphatic hydroxyl groups is 1. The standard InChI is InChI=1S/C10H21NO4S/c1-11-5-6-15-10(8-11)9(12)4-3-7-16(2,13)14/h9-10,12H,3-8H2,1-2H3. The van der Waals surface area contributed by atoms with Gasteiger partial charge < -0.3 is 14.7 Å². The van der Waals surface area contributed by atoms with Crippen LogP contribution in [0.2, 0.25) is 0 Å². The summed E-state index contributed by atoms with van der Waals surface area (Å²) in [5, 5.41) is 9.84. The largest absolute Gasteiger partial charge is 0.390 e. The summed E-state index contributed by atoms with van der Waals surface area (Å²) in [6, 6.07) is 0. The van der Waals surface area contributed by atoms with Crippen molar-refractivity contribution in [1.82, 2.24) is 4.90 Å². The van der Waals surface area contributed by atoms with E-state index in [4.69, 9.17) is 4.74 Å². The van der Waals surface area contributed by atoms with Crippen molar-refractivity contribution in [3.63, 3.8) is 0 Å². The average Bonchev–Trinajstić information content (AvgIpc) is 2.15. The van der Waals surface area contributed by atoms with Crippen LogP contribution in [0.15, 0.2) is 0 Å². The molecule has 16 heavy (non-hydrogen) atoms. The molecule has 1 saturated heterocycles. The molecule has 0 amide bonds. The average molecular weight is 251 g/mol. The van der Waals surface area contributed by atoms with Gasteiger partial charge in [-0.3, -0.25) is 0 Å². The zero-order valence-corrected chi connectivity index (χ0v) is 10.7. The zero-order valence-electron chi connectivity index (χ0n) is 9.92. The van der Waals surface area contributed by atoms with Gasteiger partial charge in [-0.05, 0) is 19.9 Å². The molecule has 1 heterocycles. The minimum Gasteiger partial charge on any atom is -0.390 e. The van der Waals surface area contributed by atoms with E-state index in [1.54, 1.807) is 0 Å². The van der Waals surface area contributed by atoms with Crippen molar-refractivity contribution >= 4 is 9.84 Å². The van der Waals surface area contributed by atoms with E-state index in [1.165, 1.54) is 6.26 Å². The minimum atomic E-state index is -2.92. The van der Waals surface area contributed by atoms with Crippen LogP contribution in [0.1, 0.15) is 12.8 Å². The van der Waals surface area contributed by atoms with Gasteiger partial charge >= 0.3 is 0 Å². The lowest BCUT2D eigenvalue weighted by Crippen LogP contribution is -2.46. The van der Waals surface area contributed by atoms with Crippen LogP contribution in [-0.4, -0.2) is 69.4 Å². The quantitative estimate of drug-likeness (QED) is 0.714. The number of rotatable bonds is 5. The summed E-state index contributed by atoms with van der Waals surface area (Å²) in [4.78, 5) is 2.11. The summed E-state index contributed by atoms with van der Waals surface area (Å²) in [7, 11) is -0.939. The van der Waals surface area contributed by atoms with Crippen molar-refractivity contribution in [2.45, 2.75) is 25.0 Å². The Labute approximate surface area is 97.3 Å². The summed E-state index contributed by atoms with van der Waals surface area (Å²) in [5.41, 5.74) is 0. The van der Waals surface area contributed by atoms with Crippen molar-refractivity contribution < 1.29 is 18.3 Å². The molecule has 0 radical (unpaired) electrons. The highest BCUT2D eigenvalue weighted by molar-refractivity contribution is 7.90. The van der Waals surface area contributed by atoms with E-state index < -0.39 is 15.9 Å². The number of aliphatic hydroxyl groups excluding tert-OH is 1. The number of hydrogen-bond donors (Lipinski definition) is 1.